The molecule has 0 aromatic heterocycles. The van der Waals surface area contributed by atoms with Crippen LogP contribution in [-0.4, -0.2) is 31.3 Å². The summed E-state index contributed by atoms with van der Waals surface area (Å²) in [5.41, 5.74) is -0.964. The zero-order valence-electron chi connectivity index (χ0n) is 13.9. The lowest BCUT2D eigenvalue weighted by Gasteiger charge is -2.11. The summed E-state index contributed by atoms with van der Waals surface area (Å²) in [4.78, 5) is 35.5. The predicted molar refractivity (Wildman–Crippen MR) is 90.9 cm³/mol. The van der Waals surface area contributed by atoms with Gasteiger partial charge in [-0.05, 0) is 30.3 Å². The molecule has 2 aromatic carbocycles. The van der Waals surface area contributed by atoms with Crippen LogP contribution in [0.1, 0.15) is 36.6 Å². The molecule has 27 heavy (non-hydrogen) atoms. The number of ketones is 1. The van der Waals surface area contributed by atoms with Crippen LogP contribution < -0.4 is 5.32 Å². The number of halogens is 4. The third kappa shape index (κ3) is 5.07. The first kappa shape index (κ1) is 20.4. The van der Waals surface area contributed by atoms with Crippen LogP contribution in [0.25, 0.3) is 0 Å². The van der Waals surface area contributed by atoms with Crippen LogP contribution in [0.4, 0.5) is 13.2 Å². The second-order valence-corrected chi connectivity index (χ2v) is 5.77. The summed E-state index contributed by atoms with van der Waals surface area (Å²) in [6.07, 6.45) is -4.63. The van der Waals surface area contributed by atoms with E-state index >= 15 is 0 Å². The third-order valence-electron chi connectivity index (χ3n) is 3.58. The number of carbonyl (C=O) groups is 3. The van der Waals surface area contributed by atoms with Crippen molar-refractivity contribution in [2.75, 3.05) is 13.7 Å². The Morgan fingerprint density at radius 1 is 1.04 bits per heavy atom. The summed E-state index contributed by atoms with van der Waals surface area (Å²) >= 11 is 5.78. The van der Waals surface area contributed by atoms with Crippen molar-refractivity contribution in [3.05, 3.63) is 69.7 Å². The second-order valence-electron chi connectivity index (χ2n) is 5.37. The highest BCUT2D eigenvalue weighted by Gasteiger charge is 2.31. The fraction of sp³-hybridized carbons (Fsp3) is 0.167. The molecule has 1 amide bonds. The van der Waals surface area contributed by atoms with Crippen molar-refractivity contribution in [2.24, 2.45) is 0 Å². The molecule has 0 atom stereocenters. The number of amides is 1. The molecule has 0 bridgehead atoms. The summed E-state index contributed by atoms with van der Waals surface area (Å²) in [5, 5.41) is 2.06. The van der Waals surface area contributed by atoms with Gasteiger partial charge in [-0.25, -0.2) is 4.79 Å². The van der Waals surface area contributed by atoms with Gasteiger partial charge in [0.15, 0.2) is 5.78 Å². The predicted octanol–water partition coefficient (Wildman–Crippen LogP) is 3.76. The molecule has 0 aliphatic heterocycles. The molecule has 0 saturated carbocycles. The number of hydrogen-bond acceptors (Lipinski definition) is 4. The van der Waals surface area contributed by atoms with Crippen LogP contribution >= 0.6 is 11.6 Å². The number of methoxy groups -OCH3 is 1. The second kappa shape index (κ2) is 8.22. The number of esters is 1. The van der Waals surface area contributed by atoms with Crippen molar-refractivity contribution >= 4 is 29.3 Å². The molecular weight excluding hydrogens is 387 g/mol. The van der Waals surface area contributed by atoms with Crippen molar-refractivity contribution in [1.29, 1.82) is 0 Å². The Kier molecular flexibility index (Phi) is 6.22. The van der Waals surface area contributed by atoms with E-state index in [0.717, 1.165) is 12.1 Å². The number of alkyl halides is 3. The van der Waals surface area contributed by atoms with Gasteiger partial charge in [-0.3, -0.25) is 9.59 Å². The Balaban J connectivity index is 2.07. The van der Waals surface area contributed by atoms with Gasteiger partial charge in [0.25, 0.3) is 5.91 Å². The Morgan fingerprint density at radius 3 is 2.19 bits per heavy atom. The maximum atomic E-state index is 12.8. The molecule has 0 radical (unpaired) electrons. The van der Waals surface area contributed by atoms with E-state index in [1.54, 1.807) is 0 Å². The average Bonchev–Trinajstić information content (AvgIpc) is 2.64. The SMILES string of the molecule is COC(=O)c1ccc(C(=O)CNC(=O)c2cc(C(F)(F)F)ccc2Cl)cc1. The average molecular weight is 400 g/mol. The van der Waals surface area contributed by atoms with E-state index in [9.17, 15) is 27.6 Å². The van der Waals surface area contributed by atoms with Crippen LogP contribution in [0.5, 0.6) is 0 Å². The smallest absolute Gasteiger partial charge is 0.416 e. The van der Waals surface area contributed by atoms with Crippen LogP contribution in [0.2, 0.25) is 5.02 Å². The van der Waals surface area contributed by atoms with Crippen LogP contribution in [-0.2, 0) is 10.9 Å². The van der Waals surface area contributed by atoms with Gasteiger partial charge in [0.1, 0.15) is 0 Å². The zero-order chi connectivity index (χ0) is 20.2. The number of rotatable bonds is 5. The summed E-state index contributed by atoms with van der Waals surface area (Å²) in [6.45, 7) is -0.455. The molecule has 0 unspecified atom stereocenters. The minimum Gasteiger partial charge on any atom is -0.465 e. The van der Waals surface area contributed by atoms with Gasteiger partial charge in [0.2, 0.25) is 0 Å². The highest BCUT2D eigenvalue weighted by Crippen LogP contribution is 2.31. The molecule has 142 valence electrons. The Labute approximate surface area is 157 Å². The fourth-order valence-electron chi connectivity index (χ4n) is 2.14. The van der Waals surface area contributed by atoms with E-state index in [1.807, 2.05) is 0 Å². The summed E-state index contributed by atoms with van der Waals surface area (Å²) in [6, 6.07) is 7.85. The van der Waals surface area contributed by atoms with Gasteiger partial charge in [0, 0.05) is 5.56 Å². The van der Waals surface area contributed by atoms with Crippen LogP contribution in [0.3, 0.4) is 0 Å². The number of ether oxygens (including phenoxy) is 1. The van der Waals surface area contributed by atoms with Gasteiger partial charge in [-0.15, -0.1) is 0 Å². The van der Waals surface area contributed by atoms with Crippen molar-refractivity contribution < 1.29 is 32.3 Å². The summed E-state index contributed by atoms with van der Waals surface area (Å²) in [5.74, 6) is -1.98. The lowest BCUT2D eigenvalue weighted by Crippen LogP contribution is -2.30. The monoisotopic (exact) mass is 399 g/mol. The minimum atomic E-state index is -4.63. The standard InChI is InChI=1S/C18H13ClF3NO4/c1-27-17(26)11-4-2-10(3-5-11)15(24)9-23-16(25)13-8-12(18(20,21)22)6-7-14(13)19/h2-8H,9H2,1H3,(H,23,25). The van der Waals surface area contributed by atoms with Crippen LogP contribution in [0.15, 0.2) is 42.5 Å². The summed E-state index contributed by atoms with van der Waals surface area (Å²) in [7, 11) is 1.22. The van der Waals surface area contributed by atoms with Gasteiger partial charge in [-0.1, -0.05) is 23.7 Å². The molecule has 0 saturated heterocycles. The molecular formula is C18H13ClF3NO4. The lowest BCUT2D eigenvalue weighted by atomic mass is 10.1. The Morgan fingerprint density at radius 2 is 1.63 bits per heavy atom. The number of Topliss-reactive ketones (excluding diaryl/α,β-unsaturated/α-hetero) is 1. The molecule has 5 nitrogen and oxygen atoms in total. The van der Waals surface area contributed by atoms with Gasteiger partial charge in [-0.2, -0.15) is 13.2 Å². The number of carbonyl (C=O) groups excluding carboxylic acids is 3. The van der Waals surface area contributed by atoms with Crippen molar-refractivity contribution in [3.8, 4) is 0 Å². The molecule has 1 N–H and O–H groups in total. The van der Waals surface area contributed by atoms with Crippen molar-refractivity contribution in [1.82, 2.24) is 5.32 Å². The molecule has 0 aliphatic rings. The molecule has 9 heteroatoms. The number of benzene rings is 2. The summed E-state index contributed by atoms with van der Waals surface area (Å²) < 4.78 is 42.8. The maximum absolute atomic E-state index is 12.8. The maximum Gasteiger partial charge on any atom is 0.416 e. The van der Waals surface area contributed by atoms with E-state index in [0.29, 0.717) is 6.07 Å². The molecule has 0 fully saturated rings. The van der Waals surface area contributed by atoms with Gasteiger partial charge < -0.3 is 10.1 Å². The van der Waals surface area contributed by atoms with Crippen LogP contribution in [0, 0.1) is 0 Å². The van der Waals surface area contributed by atoms with Crippen molar-refractivity contribution in [2.45, 2.75) is 6.18 Å². The van der Waals surface area contributed by atoms with Crippen molar-refractivity contribution in [3.63, 3.8) is 0 Å². The Hall–Kier alpha value is -2.87. The molecule has 0 aliphatic carbocycles. The number of hydrogen-bond donors (Lipinski definition) is 1. The van der Waals surface area contributed by atoms with Gasteiger partial charge >= 0.3 is 12.1 Å². The first-order chi connectivity index (χ1) is 12.6. The molecule has 0 spiro atoms. The quantitative estimate of drug-likeness (QED) is 0.614. The van der Waals surface area contributed by atoms with E-state index in [-0.39, 0.29) is 21.7 Å². The zero-order valence-corrected chi connectivity index (χ0v) is 14.6. The van der Waals surface area contributed by atoms with E-state index in [1.165, 1.54) is 31.4 Å². The third-order valence-corrected chi connectivity index (χ3v) is 3.91. The van der Waals surface area contributed by atoms with E-state index in [4.69, 9.17) is 11.6 Å². The molecule has 0 heterocycles. The largest absolute Gasteiger partial charge is 0.465 e. The number of nitrogens with one attached hydrogen (secondary N) is 1. The van der Waals surface area contributed by atoms with E-state index < -0.39 is 35.9 Å². The fourth-order valence-corrected chi connectivity index (χ4v) is 2.35. The first-order valence-corrected chi connectivity index (χ1v) is 7.88. The van der Waals surface area contributed by atoms with E-state index in [2.05, 4.69) is 10.1 Å². The molecule has 2 aromatic rings. The highest BCUT2D eigenvalue weighted by molar-refractivity contribution is 6.33. The molecule has 2 rings (SSSR count). The van der Waals surface area contributed by atoms with Gasteiger partial charge in [0.05, 0.1) is 35.4 Å². The lowest BCUT2D eigenvalue weighted by molar-refractivity contribution is -0.137. The topological polar surface area (TPSA) is 72.5 Å². The minimum absolute atomic E-state index is 0.171. The normalized spacial score (nSPS) is 11.0. The first-order valence-electron chi connectivity index (χ1n) is 7.50. The highest BCUT2D eigenvalue weighted by atomic mass is 35.5. The Bertz CT molecular complexity index is 879.